The number of halogens is 1. The van der Waals surface area contributed by atoms with Gasteiger partial charge in [-0.2, -0.15) is 0 Å². The SMILES string of the molecule is Cc1ncsc1-c1ccc([C@@H](C)NC(=O)[C@H]2C[C@H](O)CN2C(=O)[C@H](NC(=O)CCCCCCCCCCNC(=O)CCC(=O)Nc2cccc(Sc3ncc(N4CCC(C)(N)CC4)nc3N)c2Cl)C(C)(C)C)cc1. The number of carbonyl (C=O) groups excluding carboxylic acids is 5. The highest BCUT2D eigenvalue weighted by molar-refractivity contribution is 7.99. The van der Waals surface area contributed by atoms with E-state index in [4.69, 9.17) is 23.1 Å². The van der Waals surface area contributed by atoms with E-state index in [1.54, 1.807) is 29.7 Å². The molecule has 6 rings (SSSR count). The van der Waals surface area contributed by atoms with E-state index in [0.29, 0.717) is 39.4 Å². The van der Waals surface area contributed by atoms with Crippen LogP contribution in [0, 0.1) is 12.3 Å². The molecule has 0 radical (unpaired) electrons. The predicted molar refractivity (Wildman–Crippen MR) is 295 cm³/mol. The molecule has 74 heavy (non-hydrogen) atoms. The van der Waals surface area contributed by atoms with Crippen molar-refractivity contribution in [2.24, 2.45) is 11.1 Å². The third-order valence-electron chi connectivity index (χ3n) is 13.7. The Morgan fingerprint density at radius 3 is 2.22 bits per heavy atom. The zero-order valence-electron chi connectivity index (χ0n) is 43.8. The van der Waals surface area contributed by atoms with Crippen molar-refractivity contribution in [1.82, 2.24) is 35.8 Å². The summed E-state index contributed by atoms with van der Waals surface area (Å²) < 4.78 is 0. The maximum absolute atomic E-state index is 14.1. The smallest absolute Gasteiger partial charge is 0.246 e. The zero-order chi connectivity index (χ0) is 53.6. The maximum Gasteiger partial charge on any atom is 0.246 e. The largest absolute Gasteiger partial charge is 0.391 e. The number of rotatable bonds is 24. The molecule has 2 aliphatic rings. The highest BCUT2D eigenvalue weighted by Crippen LogP contribution is 2.39. The van der Waals surface area contributed by atoms with Crippen molar-refractivity contribution in [2.75, 3.05) is 42.1 Å². The highest BCUT2D eigenvalue weighted by Gasteiger charge is 2.44. The van der Waals surface area contributed by atoms with Crippen molar-refractivity contribution in [1.29, 1.82) is 0 Å². The number of likely N-dealkylation sites (tertiary alicyclic amines) is 1. The first-order chi connectivity index (χ1) is 35.2. The number of unbranched alkanes of at least 4 members (excludes halogenated alkanes) is 7. The number of nitrogens with one attached hydrogen (secondary N) is 4. The summed E-state index contributed by atoms with van der Waals surface area (Å²) in [5.41, 5.74) is 16.9. The molecule has 2 saturated heterocycles. The fraction of sp³-hybridized carbons (Fsp3) is 0.556. The Morgan fingerprint density at radius 1 is 0.905 bits per heavy atom. The van der Waals surface area contributed by atoms with E-state index in [1.165, 1.54) is 16.7 Å². The van der Waals surface area contributed by atoms with Gasteiger partial charge in [0.1, 0.15) is 22.9 Å². The molecule has 0 unspecified atom stereocenters. The molecule has 2 fully saturated rings. The number of aliphatic hydroxyl groups is 1. The molecular formula is C54H76ClN11O6S2. The average molecular weight is 1070 g/mol. The number of thiazole rings is 1. The van der Waals surface area contributed by atoms with Crippen LogP contribution in [0.4, 0.5) is 17.3 Å². The number of nitrogens with zero attached hydrogens (tertiary/aromatic N) is 5. The number of anilines is 3. The Balaban J connectivity index is 0.814. The van der Waals surface area contributed by atoms with Crippen LogP contribution in [-0.4, -0.2) is 104 Å². The number of nitrogen functional groups attached to an aromatic ring is 1. The van der Waals surface area contributed by atoms with Crippen molar-refractivity contribution in [3.05, 3.63) is 70.5 Å². The summed E-state index contributed by atoms with van der Waals surface area (Å²) in [5.74, 6) is -0.462. The van der Waals surface area contributed by atoms with Gasteiger partial charge < -0.3 is 47.6 Å². The van der Waals surface area contributed by atoms with Gasteiger partial charge in [0.25, 0.3) is 0 Å². The van der Waals surface area contributed by atoms with E-state index in [1.807, 2.05) is 70.5 Å². The average Bonchev–Trinajstić information content (AvgIpc) is 3.98. The fourth-order valence-corrected chi connectivity index (χ4v) is 11.0. The number of aliphatic hydroxyl groups excluding tert-OH is 1. The van der Waals surface area contributed by atoms with Gasteiger partial charge in [-0.25, -0.2) is 15.0 Å². The molecule has 0 bridgehead atoms. The molecule has 2 aromatic carbocycles. The lowest BCUT2D eigenvalue weighted by Crippen LogP contribution is -2.57. The molecule has 4 atom stereocenters. The molecule has 9 N–H and O–H groups in total. The Kier molecular flexibility index (Phi) is 21.1. The Bertz CT molecular complexity index is 2550. The van der Waals surface area contributed by atoms with Gasteiger partial charge in [-0.05, 0) is 75.1 Å². The minimum atomic E-state index is -0.874. The number of nitrogens with two attached hydrogens (primary N) is 2. The summed E-state index contributed by atoms with van der Waals surface area (Å²) in [6.45, 7) is 13.7. The summed E-state index contributed by atoms with van der Waals surface area (Å²) in [6.07, 6.45) is 10.4. The first-order valence-corrected chi connectivity index (χ1v) is 28.0. The molecule has 5 amide bonds. The minimum Gasteiger partial charge on any atom is -0.391 e. The van der Waals surface area contributed by atoms with Gasteiger partial charge >= 0.3 is 0 Å². The number of amides is 5. The van der Waals surface area contributed by atoms with Crippen LogP contribution in [0.5, 0.6) is 0 Å². The second-order valence-corrected chi connectivity index (χ2v) is 23.4. The number of aromatic nitrogens is 3. The van der Waals surface area contributed by atoms with Crippen molar-refractivity contribution in [2.45, 2.75) is 171 Å². The second-order valence-electron chi connectivity index (χ2n) is 21.1. The van der Waals surface area contributed by atoms with Crippen LogP contribution in [-0.2, 0) is 24.0 Å². The molecule has 0 aliphatic carbocycles. The van der Waals surface area contributed by atoms with Gasteiger partial charge in [0.15, 0.2) is 5.82 Å². The fourth-order valence-electron chi connectivity index (χ4n) is 9.13. The molecule has 0 saturated carbocycles. The normalized spacial score (nSPS) is 17.4. The van der Waals surface area contributed by atoms with Crippen molar-refractivity contribution >= 4 is 81.6 Å². The highest BCUT2D eigenvalue weighted by atomic mass is 35.5. The lowest BCUT2D eigenvalue weighted by atomic mass is 9.85. The van der Waals surface area contributed by atoms with Gasteiger partial charge in [0.2, 0.25) is 29.5 Å². The van der Waals surface area contributed by atoms with Gasteiger partial charge in [-0.3, -0.25) is 24.0 Å². The first kappa shape index (κ1) is 57.9. The van der Waals surface area contributed by atoms with Gasteiger partial charge in [-0.15, -0.1) is 11.3 Å². The van der Waals surface area contributed by atoms with Crippen LogP contribution in [0.1, 0.15) is 142 Å². The lowest BCUT2D eigenvalue weighted by Gasteiger charge is -2.37. The summed E-state index contributed by atoms with van der Waals surface area (Å²) >= 11 is 9.54. The monoisotopic (exact) mass is 1070 g/mol. The molecule has 17 nitrogen and oxygen atoms in total. The van der Waals surface area contributed by atoms with E-state index >= 15 is 0 Å². The molecule has 2 aromatic heterocycles. The number of aryl methyl sites for hydroxylation is 1. The van der Waals surface area contributed by atoms with Gasteiger partial charge in [-0.1, -0.05) is 113 Å². The molecule has 20 heteroatoms. The topological polar surface area (TPSA) is 251 Å². The molecule has 402 valence electrons. The third kappa shape index (κ3) is 16.8. The van der Waals surface area contributed by atoms with E-state index in [-0.39, 0.29) is 79.2 Å². The number of carbonyl (C=O) groups is 5. The molecule has 4 heterocycles. The zero-order valence-corrected chi connectivity index (χ0v) is 46.2. The summed E-state index contributed by atoms with van der Waals surface area (Å²) in [4.78, 5) is 85.1. The first-order valence-electron chi connectivity index (χ1n) is 26.0. The standard InChI is InChI=1S/C54H76ClN11O6S2/c1-34(36-19-21-37(22-20-36)47-35(2)60-33-73-47)61-50(71)40-30-38(67)32-66(40)52(72)48(53(3,4)5)64-44(69)18-13-11-9-7-8-10-12-14-27-58-43(68)23-24-45(70)62-39-16-15-17-41(46(39)55)74-51-49(56)63-42(31-59-51)65-28-25-54(6,57)26-29-65/h15-17,19-22,31,33-34,38,40,48,67H,7-14,18,23-30,32,57H2,1-6H3,(H2,56,63)(H,58,68)(H,61,71)(H,62,70)(H,64,69)/t34-,38+,40-,48+/m1/s1. The second kappa shape index (κ2) is 26.9. The molecule has 4 aromatic rings. The molecular weight excluding hydrogens is 998 g/mol. The summed E-state index contributed by atoms with van der Waals surface area (Å²) in [6, 6.07) is 11.2. The van der Waals surface area contributed by atoms with Crippen LogP contribution in [0.15, 0.2) is 64.1 Å². The Hall–Kier alpha value is -5.34. The van der Waals surface area contributed by atoms with Crippen molar-refractivity contribution in [3.8, 4) is 10.4 Å². The van der Waals surface area contributed by atoms with Crippen LogP contribution in [0.3, 0.4) is 0 Å². The third-order valence-corrected chi connectivity index (χ3v) is 16.3. The molecule has 0 spiro atoms. The van der Waals surface area contributed by atoms with E-state index in [0.717, 1.165) is 92.6 Å². The lowest BCUT2D eigenvalue weighted by molar-refractivity contribution is -0.144. The number of β-amino-alcohol motifs (C(OH)–C–C–N with tert-alkyl or cyclic N) is 1. The van der Waals surface area contributed by atoms with Crippen LogP contribution >= 0.6 is 34.7 Å². The maximum atomic E-state index is 14.1. The van der Waals surface area contributed by atoms with Crippen molar-refractivity contribution in [3.63, 3.8) is 0 Å². The van der Waals surface area contributed by atoms with Gasteiger partial charge in [0.05, 0.1) is 45.1 Å². The van der Waals surface area contributed by atoms with Crippen LogP contribution in [0.25, 0.3) is 10.4 Å². The van der Waals surface area contributed by atoms with Gasteiger partial charge in [0, 0.05) is 62.3 Å². The molecule has 2 aliphatic heterocycles. The summed E-state index contributed by atoms with van der Waals surface area (Å²) in [5, 5.41) is 23.2. The number of benzene rings is 2. The quantitative estimate of drug-likeness (QED) is 0.0327. The summed E-state index contributed by atoms with van der Waals surface area (Å²) in [7, 11) is 0. The predicted octanol–water partition coefficient (Wildman–Crippen LogP) is 8.33. The number of hydrogen-bond acceptors (Lipinski definition) is 14. The van der Waals surface area contributed by atoms with Crippen molar-refractivity contribution < 1.29 is 29.1 Å². The van der Waals surface area contributed by atoms with Crippen LogP contribution in [0.2, 0.25) is 5.02 Å². The van der Waals surface area contributed by atoms with E-state index in [2.05, 4.69) is 48.0 Å². The Morgan fingerprint density at radius 2 is 1.57 bits per heavy atom. The number of hydrogen-bond donors (Lipinski definition) is 7. The minimum absolute atomic E-state index is 0.00645. The van der Waals surface area contributed by atoms with Crippen LogP contribution < -0.4 is 37.6 Å². The Labute approximate surface area is 449 Å². The van der Waals surface area contributed by atoms with E-state index in [9.17, 15) is 29.1 Å². The number of piperidine rings is 1. The van der Waals surface area contributed by atoms with E-state index < -0.39 is 23.6 Å².